The highest BCUT2D eigenvalue weighted by Gasteiger charge is 2.32. The monoisotopic (exact) mass is 256 g/mol. The summed E-state index contributed by atoms with van der Waals surface area (Å²) in [4.78, 5) is 3.37. The summed E-state index contributed by atoms with van der Waals surface area (Å²) >= 11 is 0. The van der Waals surface area contributed by atoms with Crippen molar-refractivity contribution in [1.29, 1.82) is 0 Å². The number of halogens is 3. The van der Waals surface area contributed by atoms with Gasteiger partial charge in [-0.1, -0.05) is 0 Å². The van der Waals surface area contributed by atoms with Crippen LogP contribution >= 0.6 is 0 Å². The first kappa shape index (κ1) is 12.5. The summed E-state index contributed by atoms with van der Waals surface area (Å²) in [5.74, 6) is 0.704. The van der Waals surface area contributed by atoms with E-state index in [0.29, 0.717) is 11.4 Å². The number of furan rings is 1. The van der Waals surface area contributed by atoms with Gasteiger partial charge in [0, 0.05) is 0 Å². The number of alkyl halides is 3. The van der Waals surface area contributed by atoms with Crippen molar-refractivity contribution in [3.05, 3.63) is 48.2 Å². The fourth-order valence-electron chi connectivity index (χ4n) is 1.51. The van der Waals surface area contributed by atoms with Crippen molar-refractivity contribution in [2.75, 3.05) is 5.32 Å². The number of rotatable bonds is 3. The molecular weight excluding hydrogens is 245 g/mol. The van der Waals surface area contributed by atoms with Gasteiger partial charge in [-0.3, -0.25) is 0 Å². The molecular formula is C12H11F3N2O. The highest BCUT2D eigenvalue weighted by Crippen LogP contribution is 2.28. The Balaban J connectivity index is 2.07. The summed E-state index contributed by atoms with van der Waals surface area (Å²) in [7, 11) is 0. The molecule has 0 bridgehead atoms. The fraction of sp³-hybridized carbons (Fsp3) is 0.250. The Morgan fingerprint density at radius 2 is 2.06 bits per heavy atom. The Morgan fingerprint density at radius 3 is 2.56 bits per heavy atom. The Labute approximate surface area is 102 Å². The van der Waals surface area contributed by atoms with E-state index in [0.717, 1.165) is 12.3 Å². The van der Waals surface area contributed by atoms with Gasteiger partial charge >= 0.3 is 6.18 Å². The molecule has 0 saturated heterocycles. The van der Waals surface area contributed by atoms with Crippen LogP contribution in [0.3, 0.4) is 0 Å². The lowest BCUT2D eigenvalue weighted by Crippen LogP contribution is -2.09. The molecule has 3 nitrogen and oxygen atoms in total. The zero-order valence-corrected chi connectivity index (χ0v) is 9.53. The lowest BCUT2D eigenvalue weighted by Gasteiger charge is -2.13. The van der Waals surface area contributed by atoms with E-state index >= 15 is 0 Å². The molecule has 0 aliphatic heterocycles. The van der Waals surface area contributed by atoms with Gasteiger partial charge in [0.1, 0.15) is 11.5 Å². The molecule has 1 atom stereocenters. The van der Waals surface area contributed by atoms with Crippen molar-refractivity contribution in [2.24, 2.45) is 0 Å². The third-order valence-corrected chi connectivity index (χ3v) is 2.41. The van der Waals surface area contributed by atoms with Crippen LogP contribution in [-0.4, -0.2) is 4.98 Å². The van der Waals surface area contributed by atoms with Crippen molar-refractivity contribution < 1.29 is 17.6 Å². The molecule has 2 heterocycles. The summed E-state index contributed by atoms with van der Waals surface area (Å²) in [5, 5.41) is 3.00. The third kappa shape index (κ3) is 2.82. The van der Waals surface area contributed by atoms with Crippen molar-refractivity contribution in [3.8, 4) is 0 Å². The zero-order chi connectivity index (χ0) is 13.2. The summed E-state index contributed by atoms with van der Waals surface area (Å²) in [6.07, 6.45) is -1.72. The first-order valence-electron chi connectivity index (χ1n) is 5.30. The molecule has 0 aliphatic rings. The second-order valence-electron chi connectivity index (χ2n) is 3.81. The molecule has 0 spiro atoms. The number of nitrogens with one attached hydrogen (secondary N) is 1. The minimum Gasteiger partial charge on any atom is -0.467 e. The van der Waals surface area contributed by atoms with Crippen LogP contribution in [0.2, 0.25) is 0 Å². The molecule has 1 N–H and O–H groups in total. The lowest BCUT2D eigenvalue weighted by molar-refractivity contribution is -0.141. The minimum absolute atomic E-state index is 0.140. The predicted molar refractivity (Wildman–Crippen MR) is 60.0 cm³/mol. The van der Waals surface area contributed by atoms with E-state index in [1.807, 2.05) is 6.92 Å². The second kappa shape index (κ2) is 4.72. The number of hydrogen-bond donors (Lipinski definition) is 1. The van der Waals surface area contributed by atoms with Gasteiger partial charge in [-0.05, 0) is 31.2 Å². The first-order chi connectivity index (χ1) is 8.47. The average molecular weight is 256 g/mol. The molecule has 0 aliphatic carbocycles. The normalized spacial score (nSPS) is 13.3. The van der Waals surface area contributed by atoms with Crippen LogP contribution < -0.4 is 5.32 Å². The largest absolute Gasteiger partial charge is 0.467 e. The van der Waals surface area contributed by atoms with Gasteiger partial charge in [-0.2, -0.15) is 13.2 Å². The molecule has 1 unspecified atom stereocenters. The van der Waals surface area contributed by atoms with E-state index in [-0.39, 0.29) is 6.04 Å². The molecule has 0 fully saturated rings. The second-order valence-corrected chi connectivity index (χ2v) is 3.81. The highest BCUT2D eigenvalue weighted by atomic mass is 19.4. The van der Waals surface area contributed by atoms with Gasteiger partial charge < -0.3 is 9.73 Å². The maximum absolute atomic E-state index is 12.3. The van der Waals surface area contributed by atoms with Crippen LogP contribution in [0, 0.1) is 0 Å². The maximum Gasteiger partial charge on any atom is 0.433 e. The van der Waals surface area contributed by atoms with Crippen LogP contribution in [0.15, 0.2) is 41.1 Å². The number of nitrogens with zero attached hydrogens (tertiary/aromatic N) is 1. The Kier molecular flexibility index (Phi) is 3.27. The Morgan fingerprint density at radius 1 is 1.28 bits per heavy atom. The number of hydrogen-bond acceptors (Lipinski definition) is 3. The highest BCUT2D eigenvalue weighted by molar-refractivity contribution is 5.43. The van der Waals surface area contributed by atoms with E-state index in [2.05, 4.69) is 10.3 Å². The molecule has 2 aromatic heterocycles. The molecule has 6 heteroatoms. The average Bonchev–Trinajstić information content (AvgIpc) is 2.82. The van der Waals surface area contributed by atoms with Crippen LogP contribution in [0.5, 0.6) is 0 Å². The molecule has 0 amide bonds. The van der Waals surface area contributed by atoms with E-state index in [1.165, 1.54) is 6.07 Å². The van der Waals surface area contributed by atoms with Gasteiger partial charge in [-0.15, -0.1) is 0 Å². The van der Waals surface area contributed by atoms with Crippen LogP contribution in [0.25, 0.3) is 0 Å². The SMILES string of the molecule is CC(Nc1ccc(C(F)(F)F)nc1)c1ccco1. The van der Waals surface area contributed by atoms with Gasteiger partial charge in [0.2, 0.25) is 0 Å². The molecule has 0 saturated carbocycles. The van der Waals surface area contributed by atoms with Crippen molar-refractivity contribution in [1.82, 2.24) is 4.98 Å². The summed E-state index contributed by atoms with van der Waals surface area (Å²) in [5.41, 5.74) is -0.398. The van der Waals surface area contributed by atoms with Crippen molar-refractivity contribution in [3.63, 3.8) is 0 Å². The first-order valence-corrected chi connectivity index (χ1v) is 5.30. The van der Waals surface area contributed by atoms with Crippen molar-refractivity contribution >= 4 is 5.69 Å². The minimum atomic E-state index is -4.41. The van der Waals surface area contributed by atoms with Crippen LogP contribution in [0.1, 0.15) is 24.4 Å². The smallest absolute Gasteiger partial charge is 0.433 e. The Hall–Kier alpha value is -1.98. The molecule has 0 radical (unpaired) electrons. The zero-order valence-electron chi connectivity index (χ0n) is 9.53. The molecule has 96 valence electrons. The lowest BCUT2D eigenvalue weighted by atomic mass is 10.2. The fourth-order valence-corrected chi connectivity index (χ4v) is 1.51. The number of pyridine rings is 1. The summed E-state index contributed by atoms with van der Waals surface area (Å²) < 4.78 is 42.1. The van der Waals surface area contributed by atoms with Crippen molar-refractivity contribution in [2.45, 2.75) is 19.1 Å². The van der Waals surface area contributed by atoms with Gasteiger partial charge in [0.15, 0.2) is 0 Å². The predicted octanol–water partition coefficient (Wildman–Crippen LogP) is 3.87. The third-order valence-electron chi connectivity index (χ3n) is 2.41. The van der Waals surface area contributed by atoms with E-state index in [4.69, 9.17) is 4.42 Å². The van der Waals surface area contributed by atoms with Crippen LogP contribution in [0.4, 0.5) is 18.9 Å². The van der Waals surface area contributed by atoms with Crippen LogP contribution in [-0.2, 0) is 6.18 Å². The van der Waals surface area contributed by atoms with E-state index in [9.17, 15) is 13.2 Å². The molecule has 2 aromatic rings. The van der Waals surface area contributed by atoms with E-state index in [1.54, 1.807) is 18.4 Å². The molecule has 0 aromatic carbocycles. The summed E-state index contributed by atoms with van der Waals surface area (Å²) in [6, 6.07) is 5.68. The Bertz CT molecular complexity index is 491. The standard InChI is InChI=1S/C12H11F3N2O/c1-8(10-3-2-6-18-10)17-9-4-5-11(16-7-9)12(13,14)15/h2-8,17H,1H3. The van der Waals surface area contributed by atoms with Gasteiger partial charge in [0.25, 0.3) is 0 Å². The molecule has 2 rings (SSSR count). The number of aromatic nitrogens is 1. The van der Waals surface area contributed by atoms with Gasteiger partial charge in [0.05, 0.1) is 24.2 Å². The van der Waals surface area contributed by atoms with Gasteiger partial charge in [-0.25, -0.2) is 4.98 Å². The summed E-state index contributed by atoms with van der Waals surface area (Å²) in [6.45, 7) is 1.84. The number of anilines is 1. The molecule has 18 heavy (non-hydrogen) atoms. The maximum atomic E-state index is 12.3. The van der Waals surface area contributed by atoms with E-state index < -0.39 is 11.9 Å². The quantitative estimate of drug-likeness (QED) is 0.905. The topological polar surface area (TPSA) is 38.1 Å².